The Kier molecular flexibility index (Phi) is 4.98. The second-order valence-electron chi connectivity index (χ2n) is 7.48. The molecule has 0 spiro atoms. The van der Waals surface area contributed by atoms with Gasteiger partial charge in [-0.25, -0.2) is 0 Å². The standard InChI is InChI=1S/C19H32N2/c1-7-19(6)13-21(18(12-20-19)15(4)5)17-10-8-16(9-11-17)14(2)3/h8-11,14-15,18,20H,7,12-13H2,1-6H3. The number of piperazine rings is 1. The van der Waals surface area contributed by atoms with E-state index < -0.39 is 0 Å². The molecule has 0 aromatic heterocycles. The lowest BCUT2D eigenvalue weighted by Gasteiger charge is -2.48. The Hall–Kier alpha value is -1.02. The van der Waals surface area contributed by atoms with Crippen molar-refractivity contribution >= 4 is 5.69 Å². The average molecular weight is 288 g/mol. The first-order valence-electron chi connectivity index (χ1n) is 8.48. The first-order valence-corrected chi connectivity index (χ1v) is 8.48. The summed E-state index contributed by atoms with van der Waals surface area (Å²) < 4.78 is 0. The van der Waals surface area contributed by atoms with Gasteiger partial charge < -0.3 is 10.2 Å². The summed E-state index contributed by atoms with van der Waals surface area (Å²) >= 11 is 0. The fourth-order valence-corrected chi connectivity index (χ4v) is 3.18. The van der Waals surface area contributed by atoms with E-state index in [1.165, 1.54) is 17.7 Å². The number of nitrogens with one attached hydrogen (secondary N) is 1. The number of nitrogens with zero attached hydrogens (tertiary/aromatic N) is 1. The highest BCUT2D eigenvalue weighted by molar-refractivity contribution is 5.50. The van der Waals surface area contributed by atoms with Crippen LogP contribution in [-0.4, -0.2) is 24.7 Å². The second-order valence-corrected chi connectivity index (χ2v) is 7.48. The van der Waals surface area contributed by atoms with Crippen molar-refractivity contribution in [3.63, 3.8) is 0 Å². The molecule has 1 aliphatic rings. The third kappa shape index (κ3) is 3.60. The van der Waals surface area contributed by atoms with Crippen molar-refractivity contribution in [3.05, 3.63) is 29.8 Å². The zero-order valence-corrected chi connectivity index (χ0v) is 14.6. The lowest BCUT2D eigenvalue weighted by molar-refractivity contribution is 0.253. The van der Waals surface area contributed by atoms with Crippen LogP contribution in [-0.2, 0) is 0 Å². The van der Waals surface area contributed by atoms with Crippen LogP contribution in [0.25, 0.3) is 0 Å². The van der Waals surface area contributed by atoms with Gasteiger partial charge in [0.2, 0.25) is 0 Å². The minimum absolute atomic E-state index is 0.224. The maximum absolute atomic E-state index is 3.76. The van der Waals surface area contributed by atoms with Gasteiger partial charge in [0.15, 0.2) is 0 Å². The van der Waals surface area contributed by atoms with Gasteiger partial charge in [0, 0.05) is 30.4 Å². The summed E-state index contributed by atoms with van der Waals surface area (Å²) in [6.07, 6.45) is 1.17. The Labute approximate surface area is 130 Å². The number of rotatable bonds is 4. The molecule has 0 saturated carbocycles. The Morgan fingerprint density at radius 1 is 1.19 bits per heavy atom. The molecule has 1 aromatic carbocycles. The number of hydrogen-bond acceptors (Lipinski definition) is 2. The van der Waals surface area contributed by atoms with Crippen LogP contribution in [0.4, 0.5) is 5.69 Å². The van der Waals surface area contributed by atoms with Gasteiger partial charge in [-0.1, -0.05) is 46.8 Å². The monoisotopic (exact) mass is 288 g/mol. The molecule has 118 valence electrons. The van der Waals surface area contributed by atoms with Crippen LogP contribution in [0.15, 0.2) is 24.3 Å². The summed E-state index contributed by atoms with van der Waals surface area (Å²) in [6, 6.07) is 9.79. The molecule has 1 N–H and O–H groups in total. The van der Waals surface area contributed by atoms with Gasteiger partial charge in [0.25, 0.3) is 0 Å². The van der Waals surface area contributed by atoms with Crippen molar-refractivity contribution in [2.45, 2.75) is 65.5 Å². The van der Waals surface area contributed by atoms with Crippen molar-refractivity contribution in [2.24, 2.45) is 5.92 Å². The van der Waals surface area contributed by atoms with E-state index in [2.05, 4.69) is 76.0 Å². The SMILES string of the molecule is CCC1(C)CN(c2ccc(C(C)C)cc2)C(C(C)C)CN1. The fraction of sp³-hybridized carbons (Fsp3) is 0.684. The van der Waals surface area contributed by atoms with E-state index >= 15 is 0 Å². The van der Waals surface area contributed by atoms with E-state index in [0.717, 1.165) is 13.1 Å². The first kappa shape index (κ1) is 16.4. The molecule has 1 saturated heterocycles. The van der Waals surface area contributed by atoms with Crippen molar-refractivity contribution in [3.8, 4) is 0 Å². The molecule has 0 radical (unpaired) electrons. The molecule has 2 heteroatoms. The minimum Gasteiger partial charge on any atom is -0.365 e. The van der Waals surface area contributed by atoms with E-state index in [1.54, 1.807) is 0 Å². The second kappa shape index (κ2) is 6.39. The van der Waals surface area contributed by atoms with E-state index in [-0.39, 0.29) is 5.54 Å². The maximum atomic E-state index is 3.76. The summed E-state index contributed by atoms with van der Waals surface area (Å²) in [4.78, 5) is 2.62. The van der Waals surface area contributed by atoms with Crippen LogP contribution >= 0.6 is 0 Å². The van der Waals surface area contributed by atoms with E-state index in [1.807, 2.05) is 0 Å². The lowest BCUT2D eigenvalue weighted by atomic mass is 9.89. The predicted octanol–water partition coefficient (Wildman–Crippen LogP) is 4.41. The van der Waals surface area contributed by atoms with E-state index in [9.17, 15) is 0 Å². The molecule has 1 fully saturated rings. The minimum atomic E-state index is 0.224. The topological polar surface area (TPSA) is 15.3 Å². The normalized spacial score (nSPS) is 26.7. The van der Waals surface area contributed by atoms with Gasteiger partial charge >= 0.3 is 0 Å². The summed E-state index contributed by atoms with van der Waals surface area (Å²) in [5.74, 6) is 1.26. The van der Waals surface area contributed by atoms with Crippen molar-refractivity contribution in [1.82, 2.24) is 5.32 Å². The maximum Gasteiger partial charge on any atom is 0.0438 e. The zero-order valence-electron chi connectivity index (χ0n) is 14.6. The van der Waals surface area contributed by atoms with Crippen molar-refractivity contribution < 1.29 is 0 Å². The van der Waals surface area contributed by atoms with Gasteiger partial charge in [0.05, 0.1) is 0 Å². The number of benzene rings is 1. The first-order chi connectivity index (χ1) is 9.86. The van der Waals surface area contributed by atoms with Gasteiger partial charge in [0.1, 0.15) is 0 Å². The highest BCUT2D eigenvalue weighted by atomic mass is 15.3. The van der Waals surface area contributed by atoms with Crippen LogP contribution in [0, 0.1) is 5.92 Å². The van der Waals surface area contributed by atoms with Crippen LogP contribution in [0.3, 0.4) is 0 Å². The molecule has 2 nitrogen and oxygen atoms in total. The number of hydrogen-bond donors (Lipinski definition) is 1. The van der Waals surface area contributed by atoms with Gasteiger partial charge in [-0.3, -0.25) is 0 Å². The molecular formula is C19H32N2. The molecule has 2 unspecified atom stereocenters. The lowest BCUT2D eigenvalue weighted by Crippen LogP contribution is -2.64. The zero-order chi connectivity index (χ0) is 15.6. The molecular weight excluding hydrogens is 256 g/mol. The van der Waals surface area contributed by atoms with Crippen LogP contribution in [0.5, 0.6) is 0 Å². The van der Waals surface area contributed by atoms with Crippen LogP contribution in [0.1, 0.15) is 59.4 Å². The summed E-state index contributed by atoms with van der Waals surface area (Å²) in [5.41, 5.74) is 3.02. The highest BCUT2D eigenvalue weighted by Gasteiger charge is 2.35. The molecule has 1 aliphatic heterocycles. The molecule has 0 amide bonds. The van der Waals surface area contributed by atoms with Gasteiger partial charge in [-0.05, 0) is 42.9 Å². The quantitative estimate of drug-likeness (QED) is 0.882. The Balaban J connectivity index is 2.26. The summed E-state index contributed by atoms with van der Waals surface area (Å²) in [5, 5.41) is 3.76. The smallest absolute Gasteiger partial charge is 0.0438 e. The largest absolute Gasteiger partial charge is 0.365 e. The Bertz CT molecular complexity index is 449. The summed E-state index contributed by atoms with van der Waals surface area (Å²) in [6.45, 7) is 16.0. The average Bonchev–Trinajstić information content (AvgIpc) is 2.47. The highest BCUT2D eigenvalue weighted by Crippen LogP contribution is 2.29. The van der Waals surface area contributed by atoms with E-state index in [4.69, 9.17) is 0 Å². The van der Waals surface area contributed by atoms with Crippen molar-refractivity contribution in [1.29, 1.82) is 0 Å². The van der Waals surface area contributed by atoms with Crippen LogP contribution in [0.2, 0.25) is 0 Å². The molecule has 2 atom stereocenters. The molecule has 2 rings (SSSR count). The Morgan fingerprint density at radius 3 is 2.29 bits per heavy atom. The third-order valence-corrected chi connectivity index (χ3v) is 5.10. The van der Waals surface area contributed by atoms with Gasteiger partial charge in [-0.15, -0.1) is 0 Å². The Morgan fingerprint density at radius 2 is 1.81 bits per heavy atom. The molecule has 1 heterocycles. The predicted molar refractivity (Wildman–Crippen MR) is 93.2 cm³/mol. The molecule has 0 aliphatic carbocycles. The summed E-state index contributed by atoms with van der Waals surface area (Å²) in [7, 11) is 0. The van der Waals surface area contributed by atoms with Crippen molar-refractivity contribution in [2.75, 3.05) is 18.0 Å². The molecule has 21 heavy (non-hydrogen) atoms. The number of anilines is 1. The molecule has 0 bridgehead atoms. The fourth-order valence-electron chi connectivity index (χ4n) is 3.18. The van der Waals surface area contributed by atoms with Gasteiger partial charge in [-0.2, -0.15) is 0 Å². The third-order valence-electron chi connectivity index (χ3n) is 5.10. The van der Waals surface area contributed by atoms with E-state index in [0.29, 0.717) is 17.9 Å². The molecule has 1 aromatic rings. The van der Waals surface area contributed by atoms with Crippen LogP contribution < -0.4 is 10.2 Å².